The van der Waals surface area contributed by atoms with Crippen molar-refractivity contribution in [3.05, 3.63) is 35.9 Å². The van der Waals surface area contributed by atoms with Gasteiger partial charge in [0.05, 0.1) is 24.7 Å². The SMILES string of the molecule is CC(=O)OCC[C@H]1N(C(=O)OCc2ccccc2)C(=O)[C@]1(CO)C(C)C. The van der Waals surface area contributed by atoms with E-state index in [9.17, 15) is 19.5 Å². The summed E-state index contributed by atoms with van der Waals surface area (Å²) in [5.74, 6) is -1.07. The van der Waals surface area contributed by atoms with Crippen LogP contribution in [0.2, 0.25) is 0 Å². The molecule has 0 aliphatic carbocycles. The number of hydrogen-bond donors (Lipinski definition) is 1. The van der Waals surface area contributed by atoms with Crippen molar-refractivity contribution in [2.45, 2.75) is 39.8 Å². The van der Waals surface area contributed by atoms with E-state index in [4.69, 9.17) is 9.47 Å². The summed E-state index contributed by atoms with van der Waals surface area (Å²) in [5, 5.41) is 9.86. The highest BCUT2D eigenvalue weighted by Gasteiger charge is 2.64. The lowest BCUT2D eigenvalue weighted by atomic mass is 9.63. The average molecular weight is 363 g/mol. The second kappa shape index (κ2) is 8.31. The second-order valence-electron chi connectivity index (χ2n) is 6.71. The second-order valence-corrected chi connectivity index (χ2v) is 6.71. The summed E-state index contributed by atoms with van der Waals surface area (Å²) >= 11 is 0. The Balaban J connectivity index is 2.09. The molecule has 142 valence electrons. The monoisotopic (exact) mass is 363 g/mol. The van der Waals surface area contributed by atoms with Gasteiger partial charge in [0.25, 0.3) is 0 Å². The molecule has 1 saturated heterocycles. The van der Waals surface area contributed by atoms with Gasteiger partial charge in [0.1, 0.15) is 6.61 Å². The van der Waals surface area contributed by atoms with Crippen molar-refractivity contribution in [2.75, 3.05) is 13.2 Å². The number of nitrogens with zero attached hydrogens (tertiary/aromatic N) is 1. The Morgan fingerprint density at radius 3 is 2.42 bits per heavy atom. The molecule has 0 saturated carbocycles. The van der Waals surface area contributed by atoms with E-state index in [1.165, 1.54) is 6.92 Å². The molecule has 1 aliphatic rings. The van der Waals surface area contributed by atoms with Crippen LogP contribution in [-0.4, -0.2) is 47.2 Å². The van der Waals surface area contributed by atoms with Gasteiger partial charge in [-0.15, -0.1) is 0 Å². The molecule has 7 nitrogen and oxygen atoms in total. The number of likely N-dealkylation sites (tertiary alicyclic amines) is 1. The Hall–Kier alpha value is -2.41. The number of hydrogen-bond acceptors (Lipinski definition) is 6. The molecule has 0 spiro atoms. The molecule has 1 heterocycles. The van der Waals surface area contributed by atoms with Crippen LogP contribution in [0, 0.1) is 11.3 Å². The predicted molar refractivity (Wildman–Crippen MR) is 92.9 cm³/mol. The molecule has 0 unspecified atom stereocenters. The van der Waals surface area contributed by atoms with Crippen LogP contribution in [0.25, 0.3) is 0 Å². The number of aliphatic hydroxyl groups excluding tert-OH is 1. The number of carbonyl (C=O) groups is 3. The van der Waals surface area contributed by atoms with Gasteiger partial charge in [0.15, 0.2) is 0 Å². The van der Waals surface area contributed by atoms with Crippen LogP contribution >= 0.6 is 0 Å². The van der Waals surface area contributed by atoms with Gasteiger partial charge in [-0.05, 0) is 11.5 Å². The number of ether oxygens (including phenoxy) is 2. The summed E-state index contributed by atoms with van der Waals surface area (Å²) in [6.45, 7) is 4.66. The van der Waals surface area contributed by atoms with E-state index in [0.717, 1.165) is 10.5 Å². The lowest BCUT2D eigenvalue weighted by Crippen LogP contribution is -2.74. The van der Waals surface area contributed by atoms with Crippen molar-refractivity contribution in [1.82, 2.24) is 4.90 Å². The van der Waals surface area contributed by atoms with Gasteiger partial charge >= 0.3 is 12.1 Å². The molecule has 2 atom stereocenters. The third-order valence-electron chi connectivity index (χ3n) is 4.91. The van der Waals surface area contributed by atoms with Gasteiger partial charge in [-0.1, -0.05) is 44.2 Å². The molecule has 7 heteroatoms. The van der Waals surface area contributed by atoms with Gasteiger partial charge in [-0.25, -0.2) is 9.69 Å². The van der Waals surface area contributed by atoms with Crippen LogP contribution in [0.5, 0.6) is 0 Å². The maximum Gasteiger partial charge on any atom is 0.417 e. The van der Waals surface area contributed by atoms with E-state index in [2.05, 4.69) is 0 Å². The number of imide groups is 1. The number of β-lactam (4-membered cyclic amide) rings is 1. The summed E-state index contributed by atoms with van der Waals surface area (Å²) in [6.07, 6.45) is -0.499. The van der Waals surface area contributed by atoms with E-state index >= 15 is 0 Å². The maximum atomic E-state index is 12.7. The highest BCUT2D eigenvalue weighted by Crippen LogP contribution is 2.47. The zero-order valence-corrected chi connectivity index (χ0v) is 15.3. The standard InChI is InChI=1S/C19H25NO6/c1-13(2)19(12-21)16(9-10-25-14(3)22)20(17(19)23)18(24)26-11-15-7-5-4-6-8-15/h4-8,13,16,21H,9-12H2,1-3H3/t16-,19-/m1/s1. The summed E-state index contributed by atoms with van der Waals surface area (Å²) in [7, 11) is 0. The summed E-state index contributed by atoms with van der Waals surface area (Å²) < 4.78 is 10.2. The fourth-order valence-corrected chi connectivity index (χ4v) is 3.36. The number of benzene rings is 1. The van der Waals surface area contributed by atoms with E-state index in [1.807, 2.05) is 44.2 Å². The Kier molecular flexibility index (Phi) is 6.37. The van der Waals surface area contributed by atoms with Crippen molar-refractivity contribution in [3.63, 3.8) is 0 Å². The van der Waals surface area contributed by atoms with E-state index in [-0.39, 0.29) is 32.2 Å². The quantitative estimate of drug-likeness (QED) is 0.589. The smallest absolute Gasteiger partial charge is 0.417 e. The Morgan fingerprint density at radius 2 is 1.88 bits per heavy atom. The lowest BCUT2D eigenvalue weighted by Gasteiger charge is -2.55. The van der Waals surface area contributed by atoms with Gasteiger partial charge in [-0.3, -0.25) is 9.59 Å². The largest absolute Gasteiger partial charge is 0.466 e. The van der Waals surface area contributed by atoms with Crippen LogP contribution < -0.4 is 0 Å². The van der Waals surface area contributed by atoms with E-state index < -0.39 is 29.4 Å². The Bertz CT molecular complexity index is 659. The molecule has 0 bridgehead atoms. The third kappa shape index (κ3) is 3.72. The normalized spacial score (nSPS) is 22.1. The molecular weight excluding hydrogens is 338 g/mol. The minimum Gasteiger partial charge on any atom is -0.466 e. The number of rotatable bonds is 7. The van der Waals surface area contributed by atoms with Crippen LogP contribution in [0.3, 0.4) is 0 Å². The van der Waals surface area contributed by atoms with Crippen molar-refractivity contribution in [3.8, 4) is 0 Å². The van der Waals surface area contributed by atoms with E-state index in [0.29, 0.717) is 0 Å². The number of esters is 1. The summed E-state index contributed by atoms with van der Waals surface area (Å²) in [5.41, 5.74) is -0.256. The zero-order valence-electron chi connectivity index (χ0n) is 15.3. The van der Waals surface area contributed by atoms with Gasteiger partial charge < -0.3 is 14.6 Å². The minimum atomic E-state index is -1.06. The van der Waals surface area contributed by atoms with Gasteiger partial charge in [0.2, 0.25) is 5.91 Å². The zero-order chi connectivity index (χ0) is 19.3. The van der Waals surface area contributed by atoms with Crippen LogP contribution in [0.4, 0.5) is 4.79 Å². The first-order chi connectivity index (χ1) is 12.3. The molecule has 1 fully saturated rings. The first-order valence-corrected chi connectivity index (χ1v) is 8.63. The molecule has 1 N–H and O–H groups in total. The molecule has 0 radical (unpaired) electrons. The average Bonchev–Trinajstić information content (AvgIpc) is 2.60. The summed E-state index contributed by atoms with van der Waals surface area (Å²) in [6, 6.07) is 8.56. The highest BCUT2D eigenvalue weighted by molar-refractivity contribution is 6.02. The van der Waals surface area contributed by atoms with Crippen molar-refractivity contribution < 1.29 is 29.0 Å². The van der Waals surface area contributed by atoms with Crippen LogP contribution in [-0.2, 0) is 25.7 Å². The number of carbonyl (C=O) groups excluding carboxylic acids is 3. The molecule has 1 aromatic carbocycles. The Morgan fingerprint density at radius 1 is 1.23 bits per heavy atom. The van der Waals surface area contributed by atoms with Gasteiger partial charge in [0, 0.05) is 13.3 Å². The fraction of sp³-hybridized carbons (Fsp3) is 0.526. The molecule has 2 amide bonds. The molecule has 1 aliphatic heterocycles. The lowest BCUT2D eigenvalue weighted by molar-refractivity contribution is -0.182. The molecule has 26 heavy (non-hydrogen) atoms. The van der Waals surface area contributed by atoms with Crippen LogP contribution in [0.15, 0.2) is 30.3 Å². The van der Waals surface area contributed by atoms with E-state index in [1.54, 1.807) is 0 Å². The minimum absolute atomic E-state index is 0.0495. The molecular formula is C19H25NO6. The molecule has 2 rings (SSSR count). The highest BCUT2D eigenvalue weighted by atomic mass is 16.6. The summed E-state index contributed by atoms with van der Waals surface area (Å²) in [4.78, 5) is 37.1. The third-order valence-corrected chi connectivity index (χ3v) is 4.91. The Labute approximate surface area is 152 Å². The molecule has 0 aromatic heterocycles. The van der Waals surface area contributed by atoms with Gasteiger partial charge in [-0.2, -0.15) is 0 Å². The van der Waals surface area contributed by atoms with Crippen molar-refractivity contribution in [1.29, 1.82) is 0 Å². The first kappa shape index (κ1) is 19.9. The predicted octanol–water partition coefficient (Wildman–Crippen LogP) is 2.12. The fourth-order valence-electron chi connectivity index (χ4n) is 3.36. The molecule has 1 aromatic rings. The maximum absolute atomic E-state index is 12.7. The first-order valence-electron chi connectivity index (χ1n) is 8.63. The van der Waals surface area contributed by atoms with Crippen molar-refractivity contribution in [2.24, 2.45) is 11.3 Å². The topological polar surface area (TPSA) is 93.1 Å². The van der Waals surface area contributed by atoms with Crippen molar-refractivity contribution >= 4 is 18.0 Å². The number of aliphatic hydroxyl groups is 1. The number of amides is 2. The van der Waals surface area contributed by atoms with Crippen LogP contribution in [0.1, 0.15) is 32.8 Å².